The number of fused-ring (bicyclic) bond motifs is 6. The number of nitrogens with one attached hydrogen (secondary N) is 2. The van der Waals surface area contributed by atoms with E-state index in [9.17, 15) is 9.59 Å². The zero-order chi connectivity index (χ0) is 34.7. The van der Waals surface area contributed by atoms with Gasteiger partial charge in [-0.15, -0.1) is 0 Å². The normalized spacial score (nSPS) is 22.2. The number of methoxy groups -OCH3 is 1. The Balaban J connectivity index is 1.07. The van der Waals surface area contributed by atoms with Crippen LogP contribution >= 0.6 is 0 Å². The first-order valence-corrected chi connectivity index (χ1v) is 18.1. The summed E-state index contributed by atoms with van der Waals surface area (Å²) in [7, 11) is 1.64. The van der Waals surface area contributed by atoms with Crippen LogP contribution in [0.1, 0.15) is 95.5 Å². The number of carbonyl (C=O) groups is 2. The maximum Gasteiger partial charge on any atom is 0.225 e. The van der Waals surface area contributed by atoms with Crippen molar-refractivity contribution in [2.45, 2.75) is 97.1 Å². The average molecular weight is 675 g/mol. The fourth-order valence-corrected chi connectivity index (χ4v) is 8.33. The van der Waals surface area contributed by atoms with Crippen LogP contribution in [0, 0.1) is 5.92 Å². The number of aromatic nitrogens is 4. The van der Waals surface area contributed by atoms with E-state index in [0.29, 0.717) is 25.4 Å². The SMILES string of the molecule is CCCC(=O)N1C(C)CCC1c1nc2c(ccc3cc4c(cc32)OCc2cc(-c3cnc(C5CC(C)CN5C(=O)CC(C)OC)[nH]3)ccc2-4)[nH]1. The lowest BCUT2D eigenvalue weighted by atomic mass is 9.92. The van der Waals surface area contributed by atoms with Gasteiger partial charge in [-0.1, -0.05) is 32.0 Å². The van der Waals surface area contributed by atoms with Crippen LogP contribution in [0.2, 0.25) is 0 Å². The maximum atomic E-state index is 13.1. The van der Waals surface area contributed by atoms with E-state index in [1.54, 1.807) is 7.11 Å². The second-order valence-electron chi connectivity index (χ2n) is 14.6. The number of ether oxygens (including phenoxy) is 2. The number of rotatable bonds is 8. The van der Waals surface area contributed by atoms with Gasteiger partial charge in [0.05, 0.1) is 47.5 Å². The summed E-state index contributed by atoms with van der Waals surface area (Å²) in [6.45, 7) is 9.49. The van der Waals surface area contributed by atoms with Crippen LogP contribution in [-0.4, -0.2) is 67.4 Å². The molecule has 3 aliphatic heterocycles. The number of benzene rings is 3. The number of amides is 2. The molecule has 8 rings (SSSR count). The Kier molecular flexibility index (Phi) is 8.37. The molecule has 2 fully saturated rings. The average Bonchev–Trinajstić information content (AvgIpc) is 3.92. The third kappa shape index (κ3) is 5.63. The van der Waals surface area contributed by atoms with Gasteiger partial charge in [0.2, 0.25) is 11.8 Å². The second kappa shape index (κ2) is 12.9. The summed E-state index contributed by atoms with van der Waals surface area (Å²) in [4.78, 5) is 47.1. The summed E-state index contributed by atoms with van der Waals surface area (Å²) in [6.07, 6.45) is 6.31. The fourth-order valence-electron chi connectivity index (χ4n) is 8.33. The van der Waals surface area contributed by atoms with Gasteiger partial charge in [0.1, 0.15) is 24.0 Å². The number of H-pyrrole nitrogens is 2. The molecule has 0 saturated carbocycles. The standard InChI is InChI=1S/C40H46N6O4/c1-6-7-36(47)46-23(3)8-13-33(46)40-42-31-12-10-25-17-30-28-11-9-26(16-27(28)21-50-35(30)18-29(25)38(31)44-40)32-19-41-39(43-32)34-14-22(2)20-45(34)37(48)15-24(4)49-5/h9-12,16-19,22-24,33-34H,6-8,13-15,20-21H2,1-5H3,(H,41,43)(H,42,44). The van der Waals surface area contributed by atoms with Gasteiger partial charge in [-0.3, -0.25) is 9.59 Å². The Labute approximate surface area is 292 Å². The van der Waals surface area contributed by atoms with Gasteiger partial charge in [-0.05, 0) is 91.8 Å². The molecule has 3 aliphatic rings. The summed E-state index contributed by atoms with van der Waals surface area (Å²) < 4.78 is 11.8. The molecule has 2 N–H and O–H groups in total. The highest BCUT2D eigenvalue weighted by atomic mass is 16.5. The lowest BCUT2D eigenvalue weighted by Gasteiger charge is -2.27. The highest BCUT2D eigenvalue weighted by Crippen LogP contribution is 2.44. The van der Waals surface area contributed by atoms with Crippen LogP contribution in [0.5, 0.6) is 5.75 Å². The molecule has 3 aromatic carbocycles. The van der Waals surface area contributed by atoms with Crippen molar-refractivity contribution in [3.8, 4) is 28.1 Å². The number of carbonyl (C=O) groups excluding carboxylic acids is 2. The molecule has 5 atom stereocenters. The van der Waals surface area contributed by atoms with Gasteiger partial charge in [0, 0.05) is 37.1 Å². The van der Waals surface area contributed by atoms with Crippen LogP contribution in [0.15, 0.2) is 48.7 Å². The summed E-state index contributed by atoms with van der Waals surface area (Å²) in [6, 6.07) is 15.2. The van der Waals surface area contributed by atoms with E-state index in [1.165, 1.54) is 0 Å². The van der Waals surface area contributed by atoms with Crippen molar-refractivity contribution in [1.82, 2.24) is 29.7 Å². The van der Waals surface area contributed by atoms with Crippen molar-refractivity contribution >= 4 is 33.6 Å². The van der Waals surface area contributed by atoms with Gasteiger partial charge in [0.25, 0.3) is 0 Å². The van der Waals surface area contributed by atoms with Crippen LogP contribution in [0.25, 0.3) is 44.2 Å². The zero-order valence-electron chi connectivity index (χ0n) is 29.6. The van der Waals surface area contributed by atoms with Crippen LogP contribution in [0.4, 0.5) is 0 Å². The summed E-state index contributed by atoms with van der Waals surface area (Å²) >= 11 is 0. The topological polar surface area (TPSA) is 116 Å². The number of nitrogens with zero attached hydrogens (tertiary/aromatic N) is 4. The van der Waals surface area contributed by atoms with E-state index < -0.39 is 0 Å². The number of hydrogen-bond donors (Lipinski definition) is 2. The van der Waals surface area contributed by atoms with Crippen molar-refractivity contribution < 1.29 is 19.1 Å². The van der Waals surface area contributed by atoms with Crippen molar-refractivity contribution in [1.29, 1.82) is 0 Å². The molecular weight excluding hydrogens is 628 g/mol. The molecule has 2 amide bonds. The van der Waals surface area contributed by atoms with E-state index in [1.807, 2.05) is 22.9 Å². The smallest absolute Gasteiger partial charge is 0.225 e. The molecule has 0 spiro atoms. The van der Waals surface area contributed by atoms with E-state index in [4.69, 9.17) is 19.4 Å². The van der Waals surface area contributed by atoms with Crippen molar-refractivity contribution in [2.75, 3.05) is 13.7 Å². The number of aromatic amines is 2. The minimum Gasteiger partial charge on any atom is -0.488 e. The lowest BCUT2D eigenvalue weighted by molar-refractivity contribution is -0.135. The Morgan fingerprint density at radius 3 is 2.70 bits per heavy atom. The first-order valence-electron chi connectivity index (χ1n) is 18.1. The molecule has 2 aromatic heterocycles. The third-order valence-corrected chi connectivity index (χ3v) is 11.0. The quantitative estimate of drug-likeness (QED) is 0.173. The summed E-state index contributed by atoms with van der Waals surface area (Å²) in [5.41, 5.74) is 7.16. The Bertz CT molecular complexity index is 2100. The summed E-state index contributed by atoms with van der Waals surface area (Å²) in [5, 5.41) is 2.13. The highest BCUT2D eigenvalue weighted by molar-refractivity contribution is 6.07. The number of imidazole rings is 2. The van der Waals surface area contributed by atoms with Crippen molar-refractivity contribution in [3.63, 3.8) is 0 Å². The maximum absolute atomic E-state index is 13.1. The van der Waals surface area contributed by atoms with Crippen molar-refractivity contribution in [3.05, 3.63) is 65.9 Å². The molecule has 50 heavy (non-hydrogen) atoms. The molecule has 0 radical (unpaired) electrons. The van der Waals surface area contributed by atoms with Gasteiger partial charge in [-0.25, -0.2) is 9.97 Å². The van der Waals surface area contributed by atoms with E-state index >= 15 is 0 Å². The molecule has 0 bridgehead atoms. The predicted molar refractivity (Wildman–Crippen MR) is 193 cm³/mol. The van der Waals surface area contributed by atoms with E-state index in [2.05, 4.69) is 73.2 Å². The highest BCUT2D eigenvalue weighted by Gasteiger charge is 2.38. The van der Waals surface area contributed by atoms with Gasteiger partial charge in [0.15, 0.2) is 0 Å². The van der Waals surface area contributed by atoms with Gasteiger partial charge >= 0.3 is 0 Å². The predicted octanol–water partition coefficient (Wildman–Crippen LogP) is 7.85. The molecule has 10 heteroatoms. The summed E-state index contributed by atoms with van der Waals surface area (Å²) in [5.74, 6) is 3.25. The molecule has 5 unspecified atom stereocenters. The second-order valence-corrected chi connectivity index (χ2v) is 14.6. The zero-order valence-corrected chi connectivity index (χ0v) is 29.6. The molecule has 5 aromatic rings. The molecule has 260 valence electrons. The third-order valence-electron chi connectivity index (χ3n) is 11.0. The Hall–Kier alpha value is -4.70. The van der Waals surface area contributed by atoms with E-state index in [0.717, 1.165) is 99.4 Å². The first kappa shape index (κ1) is 32.5. The molecule has 0 aliphatic carbocycles. The number of likely N-dealkylation sites (tertiary alicyclic amines) is 2. The Morgan fingerprint density at radius 2 is 1.88 bits per heavy atom. The fraction of sp³-hybridized carbons (Fsp3) is 0.450. The van der Waals surface area contributed by atoms with Crippen LogP contribution in [-0.2, 0) is 20.9 Å². The van der Waals surface area contributed by atoms with Crippen LogP contribution in [0.3, 0.4) is 0 Å². The molecule has 10 nitrogen and oxygen atoms in total. The molecular formula is C40H46N6O4. The minimum atomic E-state index is -0.119. The molecule has 2 saturated heterocycles. The van der Waals surface area contributed by atoms with Gasteiger partial charge in [-0.2, -0.15) is 0 Å². The minimum absolute atomic E-state index is 0.0275. The van der Waals surface area contributed by atoms with Crippen molar-refractivity contribution in [2.24, 2.45) is 5.92 Å². The monoisotopic (exact) mass is 674 g/mol. The Morgan fingerprint density at radius 1 is 1.02 bits per heavy atom. The van der Waals surface area contributed by atoms with Gasteiger partial charge < -0.3 is 29.2 Å². The lowest BCUT2D eigenvalue weighted by Crippen LogP contribution is -2.35. The first-order chi connectivity index (χ1) is 24.2. The van der Waals surface area contributed by atoms with E-state index in [-0.39, 0.29) is 36.0 Å². The number of hydrogen-bond acceptors (Lipinski definition) is 6. The largest absolute Gasteiger partial charge is 0.488 e. The van der Waals surface area contributed by atoms with Crippen LogP contribution < -0.4 is 4.74 Å². The molecule has 5 heterocycles.